The zero-order valence-corrected chi connectivity index (χ0v) is 21.1. The van der Waals surface area contributed by atoms with Crippen molar-refractivity contribution >= 4 is 23.4 Å². The molecule has 3 amide bonds. The Balaban J connectivity index is 1.75. The minimum atomic E-state index is -0.369. The average Bonchev–Trinajstić information content (AvgIpc) is 3.27. The van der Waals surface area contributed by atoms with E-state index in [1.807, 2.05) is 37.3 Å². The van der Waals surface area contributed by atoms with Crippen LogP contribution in [0.2, 0.25) is 0 Å². The van der Waals surface area contributed by atoms with Crippen LogP contribution in [0.1, 0.15) is 33.4 Å². The standard InChI is InChI=1S/C26H33N5O4/c1-7-30(25(33)27-18-8-12-20(34-5)13-9-18)17-24(32)28-23-16-22(26(2,3)4)29-31(23)19-10-14-21(35-6)15-11-19/h8-16H,7,17H2,1-6H3,(H,27,33)(H,28,32). The number of carbonyl (C=O) groups is 2. The highest BCUT2D eigenvalue weighted by molar-refractivity contribution is 5.96. The third-order valence-corrected chi connectivity index (χ3v) is 5.41. The molecule has 186 valence electrons. The summed E-state index contributed by atoms with van der Waals surface area (Å²) in [7, 11) is 3.19. The predicted octanol–water partition coefficient (Wildman–Crippen LogP) is 4.68. The normalized spacial score (nSPS) is 11.0. The number of amides is 3. The highest BCUT2D eigenvalue weighted by Crippen LogP contribution is 2.27. The number of aromatic nitrogens is 2. The van der Waals surface area contributed by atoms with Crippen molar-refractivity contribution < 1.29 is 19.1 Å². The summed E-state index contributed by atoms with van der Waals surface area (Å²) in [5.41, 5.74) is 2.00. The second-order valence-electron chi connectivity index (χ2n) is 9.00. The first-order valence-corrected chi connectivity index (χ1v) is 11.4. The van der Waals surface area contributed by atoms with Gasteiger partial charge in [-0.25, -0.2) is 9.48 Å². The first-order chi connectivity index (χ1) is 16.6. The largest absolute Gasteiger partial charge is 0.497 e. The number of likely N-dealkylation sites (N-methyl/N-ethyl adjacent to an activating group) is 1. The van der Waals surface area contributed by atoms with Crippen molar-refractivity contribution in [1.29, 1.82) is 0 Å². The van der Waals surface area contributed by atoms with E-state index >= 15 is 0 Å². The Labute approximate surface area is 206 Å². The zero-order chi connectivity index (χ0) is 25.6. The van der Waals surface area contributed by atoms with Crippen LogP contribution in [0.4, 0.5) is 16.3 Å². The minimum Gasteiger partial charge on any atom is -0.497 e. The number of carbonyl (C=O) groups excluding carboxylic acids is 2. The van der Waals surface area contributed by atoms with Crippen LogP contribution in [0.3, 0.4) is 0 Å². The summed E-state index contributed by atoms with van der Waals surface area (Å²) in [5, 5.41) is 10.5. The van der Waals surface area contributed by atoms with E-state index in [2.05, 4.69) is 31.4 Å². The van der Waals surface area contributed by atoms with E-state index in [9.17, 15) is 9.59 Å². The molecule has 3 aromatic rings. The van der Waals surface area contributed by atoms with E-state index < -0.39 is 0 Å². The second-order valence-corrected chi connectivity index (χ2v) is 9.00. The van der Waals surface area contributed by atoms with Gasteiger partial charge in [0, 0.05) is 23.7 Å². The van der Waals surface area contributed by atoms with E-state index in [-0.39, 0.29) is 23.9 Å². The predicted molar refractivity (Wildman–Crippen MR) is 137 cm³/mol. The number of anilines is 2. The molecule has 0 aliphatic rings. The van der Waals surface area contributed by atoms with Gasteiger partial charge in [-0.3, -0.25) is 4.79 Å². The molecule has 0 spiro atoms. The molecule has 1 aromatic heterocycles. The number of ether oxygens (including phenoxy) is 2. The van der Waals surface area contributed by atoms with Gasteiger partial charge in [0.1, 0.15) is 23.9 Å². The molecule has 2 N–H and O–H groups in total. The Morgan fingerprint density at radius 3 is 2.03 bits per heavy atom. The van der Waals surface area contributed by atoms with Gasteiger partial charge in [0.05, 0.1) is 25.6 Å². The third-order valence-electron chi connectivity index (χ3n) is 5.41. The van der Waals surface area contributed by atoms with Crippen LogP contribution in [0, 0.1) is 0 Å². The van der Waals surface area contributed by atoms with E-state index in [1.165, 1.54) is 4.90 Å². The minimum absolute atomic E-state index is 0.114. The molecule has 0 unspecified atom stereocenters. The van der Waals surface area contributed by atoms with Crippen molar-refractivity contribution in [2.75, 3.05) is 37.9 Å². The average molecular weight is 480 g/mol. The number of nitrogens with zero attached hydrogens (tertiary/aromatic N) is 3. The summed E-state index contributed by atoms with van der Waals surface area (Å²) in [6.45, 7) is 8.24. The number of benzene rings is 2. The van der Waals surface area contributed by atoms with E-state index in [1.54, 1.807) is 43.2 Å². The third kappa shape index (κ3) is 6.53. The fourth-order valence-electron chi connectivity index (χ4n) is 3.32. The first kappa shape index (κ1) is 25.6. The molecule has 1 heterocycles. The summed E-state index contributed by atoms with van der Waals surface area (Å²) in [6.07, 6.45) is 0. The summed E-state index contributed by atoms with van der Waals surface area (Å²) < 4.78 is 12.1. The molecule has 0 fully saturated rings. The van der Waals surface area contributed by atoms with Crippen LogP contribution in [-0.4, -0.2) is 53.9 Å². The number of methoxy groups -OCH3 is 2. The Morgan fingerprint density at radius 2 is 1.51 bits per heavy atom. The van der Waals surface area contributed by atoms with E-state index in [0.717, 1.165) is 17.1 Å². The van der Waals surface area contributed by atoms with Gasteiger partial charge in [-0.2, -0.15) is 5.10 Å². The van der Waals surface area contributed by atoms with Gasteiger partial charge < -0.3 is 25.0 Å². The number of hydrogen-bond donors (Lipinski definition) is 2. The molecule has 9 heteroatoms. The number of hydrogen-bond acceptors (Lipinski definition) is 5. The lowest BCUT2D eigenvalue weighted by molar-refractivity contribution is -0.116. The maximum Gasteiger partial charge on any atom is 0.322 e. The maximum absolute atomic E-state index is 13.0. The van der Waals surface area contributed by atoms with Gasteiger partial charge >= 0.3 is 6.03 Å². The highest BCUT2D eigenvalue weighted by atomic mass is 16.5. The zero-order valence-electron chi connectivity index (χ0n) is 21.1. The SMILES string of the molecule is CCN(CC(=O)Nc1cc(C(C)(C)C)nn1-c1ccc(OC)cc1)C(=O)Nc1ccc(OC)cc1. The molecule has 0 atom stereocenters. The molecule has 0 aliphatic heterocycles. The van der Waals surface area contributed by atoms with Gasteiger partial charge in [0.15, 0.2) is 0 Å². The molecule has 9 nitrogen and oxygen atoms in total. The van der Waals surface area contributed by atoms with Crippen molar-refractivity contribution in [3.63, 3.8) is 0 Å². The molecule has 2 aromatic carbocycles. The van der Waals surface area contributed by atoms with Gasteiger partial charge in [-0.1, -0.05) is 20.8 Å². The quantitative estimate of drug-likeness (QED) is 0.489. The van der Waals surface area contributed by atoms with Crippen molar-refractivity contribution in [3.8, 4) is 17.2 Å². The fourth-order valence-corrected chi connectivity index (χ4v) is 3.32. The Morgan fingerprint density at radius 1 is 0.943 bits per heavy atom. The number of urea groups is 1. The molecule has 3 rings (SSSR count). The number of nitrogens with one attached hydrogen (secondary N) is 2. The van der Waals surface area contributed by atoms with Crippen LogP contribution in [0.25, 0.3) is 5.69 Å². The molecule has 0 bridgehead atoms. The Hall–Kier alpha value is -4.01. The summed E-state index contributed by atoms with van der Waals surface area (Å²) in [4.78, 5) is 27.1. The second kappa shape index (κ2) is 10.9. The highest BCUT2D eigenvalue weighted by Gasteiger charge is 2.23. The summed E-state index contributed by atoms with van der Waals surface area (Å²) in [5.74, 6) is 1.62. The summed E-state index contributed by atoms with van der Waals surface area (Å²) >= 11 is 0. The molecule has 0 aliphatic carbocycles. The fraction of sp³-hybridized carbons (Fsp3) is 0.346. The van der Waals surface area contributed by atoms with Gasteiger partial charge in [-0.05, 0) is 55.5 Å². The van der Waals surface area contributed by atoms with Gasteiger partial charge in [0.25, 0.3) is 0 Å². The monoisotopic (exact) mass is 479 g/mol. The van der Waals surface area contributed by atoms with Crippen molar-refractivity contribution in [1.82, 2.24) is 14.7 Å². The van der Waals surface area contributed by atoms with Gasteiger partial charge in [-0.15, -0.1) is 0 Å². The van der Waals surface area contributed by atoms with E-state index in [0.29, 0.717) is 23.8 Å². The lowest BCUT2D eigenvalue weighted by Gasteiger charge is -2.21. The van der Waals surface area contributed by atoms with Crippen LogP contribution in [0.5, 0.6) is 11.5 Å². The van der Waals surface area contributed by atoms with Crippen LogP contribution >= 0.6 is 0 Å². The lowest BCUT2D eigenvalue weighted by atomic mass is 9.92. The molecule has 0 saturated carbocycles. The summed E-state index contributed by atoms with van der Waals surface area (Å²) in [6, 6.07) is 15.9. The van der Waals surface area contributed by atoms with Crippen LogP contribution in [-0.2, 0) is 10.2 Å². The van der Waals surface area contributed by atoms with Crippen molar-refractivity contribution in [2.45, 2.75) is 33.1 Å². The molecule has 0 saturated heterocycles. The van der Waals surface area contributed by atoms with Crippen LogP contribution < -0.4 is 20.1 Å². The molecular formula is C26H33N5O4. The molecule has 35 heavy (non-hydrogen) atoms. The Kier molecular flexibility index (Phi) is 8.01. The topological polar surface area (TPSA) is 97.7 Å². The van der Waals surface area contributed by atoms with Crippen molar-refractivity contribution in [2.24, 2.45) is 0 Å². The smallest absolute Gasteiger partial charge is 0.322 e. The van der Waals surface area contributed by atoms with Crippen LogP contribution in [0.15, 0.2) is 54.6 Å². The number of rotatable bonds is 8. The molecular weight excluding hydrogens is 446 g/mol. The lowest BCUT2D eigenvalue weighted by Crippen LogP contribution is -2.40. The van der Waals surface area contributed by atoms with E-state index in [4.69, 9.17) is 14.6 Å². The van der Waals surface area contributed by atoms with Crippen molar-refractivity contribution in [3.05, 3.63) is 60.3 Å². The first-order valence-electron chi connectivity index (χ1n) is 11.4. The molecule has 0 radical (unpaired) electrons. The Bertz CT molecular complexity index is 1150. The van der Waals surface area contributed by atoms with Gasteiger partial charge in [0.2, 0.25) is 5.91 Å². The maximum atomic E-state index is 13.0.